The fraction of sp³-hybridized carbons (Fsp3) is 0.0465. The van der Waals surface area contributed by atoms with Crippen LogP contribution in [0.15, 0.2) is 156 Å². The molecule has 2 unspecified atom stereocenters. The molecule has 222 valence electrons. The third-order valence-electron chi connectivity index (χ3n) is 9.09. The van der Waals surface area contributed by atoms with Crippen LogP contribution in [-0.4, -0.2) is 15.0 Å². The van der Waals surface area contributed by atoms with Crippen molar-refractivity contribution in [2.45, 2.75) is 5.92 Å². The Kier molecular flexibility index (Phi) is 6.57. The highest BCUT2D eigenvalue weighted by Gasteiger charge is 2.34. The lowest BCUT2D eigenvalue weighted by Gasteiger charge is -2.29. The molecule has 4 heteroatoms. The van der Waals surface area contributed by atoms with Crippen LogP contribution in [0.25, 0.3) is 68.6 Å². The summed E-state index contributed by atoms with van der Waals surface area (Å²) >= 11 is 0. The van der Waals surface area contributed by atoms with Gasteiger partial charge >= 0.3 is 0 Å². The van der Waals surface area contributed by atoms with Gasteiger partial charge in [-0.2, -0.15) is 0 Å². The fourth-order valence-corrected chi connectivity index (χ4v) is 6.74. The van der Waals surface area contributed by atoms with Gasteiger partial charge in [0.2, 0.25) is 5.89 Å². The Morgan fingerprint density at radius 2 is 1.11 bits per heavy atom. The van der Waals surface area contributed by atoms with Crippen molar-refractivity contribution < 1.29 is 4.42 Å². The lowest BCUT2D eigenvalue weighted by molar-refractivity contribution is 0.550. The zero-order valence-corrected chi connectivity index (χ0v) is 25.5. The Morgan fingerprint density at radius 3 is 1.87 bits per heavy atom. The van der Waals surface area contributed by atoms with Gasteiger partial charge in [-0.25, -0.2) is 15.0 Å². The molecule has 0 spiro atoms. The smallest absolute Gasteiger partial charge is 0.226 e. The summed E-state index contributed by atoms with van der Waals surface area (Å²) < 4.78 is 6.25. The van der Waals surface area contributed by atoms with Crippen molar-refractivity contribution in [3.05, 3.63) is 174 Å². The lowest BCUT2D eigenvalue weighted by Crippen LogP contribution is -2.18. The van der Waals surface area contributed by atoms with Crippen molar-refractivity contribution in [2.75, 3.05) is 0 Å². The second-order valence-electron chi connectivity index (χ2n) is 12.0. The number of benzene rings is 5. The minimum atomic E-state index is 0.0816. The Hall–Kier alpha value is -6.13. The van der Waals surface area contributed by atoms with Gasteiger partial charge in [0, 0.05) is 34.1 Å². The fourth-order valence-electron chi connectivity index (χ4n) is 6.74. The molecule has 2 heterocycles. The molecule has 2 aliphatic carbocycles. The maximum Gasteiger partial charge on any atom is 0.226 e. The highest BCUT2D eigenvalue weighted by molar-refractivity contribution is 5.77. The van der Waals surface area contributed by atoms with Crippen molar-refractivity contribution in [2.24, 2.45) is 5.92 Å². The van der Waals surface area contributed by atoms with E-state index in [0.717, 1.165) is 56.2 Å². The molecule has 7 aromatic rings. The topological polar surface area (TPSA) is 51.8 Å². The van der Waals surface area contributed by atoms with E-state index in [-0.39, 0.29) is 11.8 Å². The van der Waals surface area contributed by atoms with E-state index >= 15 is 0 Å². The monoisotopic (exact) mass is 603 g/mol. The SMILES string of the molecule is C1=CC2C=Cc3oc(-c4ccccc4)nc3C2c2ccc(-c3nc(-c4ccccc4)cc(-c4cccc(-c5ccccc5)c4)n3)cc21. The molecule has 0 bridgehead atoms. The molecular weight excluding hydrogens is 574 g/mol. The van der Waals surface area contributed by atoms with Gasteiger partial charge in [0.15, 0.2) is 11.6 Å². The van der Waals surface area contributed by atoms with E-state index in [4.69, 9.17) is 19.4 Å². The average Bonchev–Trinajstić information content (AvgIpc) is 3.60. The summed E-state index contributed by atoms with van der Waals surface area (Å²) in [5, 5.41) is 0. The summed E-state index contributed by atoms with van der Waals surface area (Å²) in [6.07, 6.45) is 8.78. The van der Waals surface area contributed by atoms with E-state index < -0.39 is 0 Å². The Morgan fingerprint density at radius 1 is 0.468 bits per heavy atom. The molecule has 0 N–H and O–H groups in total. The molecule has 4 nitrogen and oxygen atoms in total. The van der Waals surface area contributed by atoms with Crippen LogP contribution in [0.1, 0.15) is 28.5 Å². The highest BCUT2D eigenvalue weighted by atomic mass is 16.4. The number of nitrogens with zero attached hydrogens (tertiary/aromatic N) is 3. The van der Waals surface area contributed by atoms with Gasteiger partial charge in [-0.05, 0) is 58.7 Å². The third kappa shape index (κ3) is 5.01. The predicted octanol–water partition coefficient (Wildman–Crippen LogP) is 10.6. The zero-order chi connectivity index (χ0) is 31.2. The van der Waals surface area contributed by atoms with E-state index in [1.807, 2.05) is 54.6 Å². The average molecular weight is 604 g/mol. The van der Waals surface area contributed by atoms with E-state index in [0.29, 0.717) is 11.7 Å². The van der Waals surface area contributed by atoms with Crippen molar-refractivity contribution in [3.63, 3.8) is 0 Å². The summed E-state index contributed by atoms with van der Waals surface area (Å²) in [6, 6.07) is 48.1. The number of fused-ring (bicyclic) bond motifs is 5. The standard InChI is InChI=1S/C43H29N3O/c1-4-11-28(12-5-1)32-17-10-18-34(25-32)38-27-37(29-13-6-2-7-14-29)44-42(45-38)35-21-23-36-33(26-35)20-19-30-22-24-39-41(40(30)36)46-43(47-39)31-15-8-3-9-16-31/h1-27,30,40H. The Bertz CT molecular complexity index is 2300. The predicted molar refractivity (Wildman–Crippen MR) is 189 cm³/mol. The number of allylic oxidation sites excluding steroid dienone is 2. The van der Waals surface area contributed by atoms with Crippen LogP contribution in [-0.2, 0) is 0 Å². The third-order valence-corrected chi connectivity index (χ3v) is 9.09. The summed E-state index contributed by atoms with van der Waals surface area (Å²) in [5.74, 6) is 2.48. The molecule has 0 radical (unpaired) electrons. The second-order valence-corrected chi connectivity index (χ2v) is 12.0. The number of aromatic nitrogens is 3. The number of oxazole rings is 1. The van der Waals surface area contributed by atoms with Crippen LogP contribution in [0.5, 0.6) is 0 Å². The minimum absolute atomic E-state index is 0.0816. The van der Waals surface area contributed by atoms with E-state index in [9.17, 15) is 0 Å². The largest absolute Gasteiger partial charge is 0.436 e. The molecule has 47 heavy (non-hydrogen) atoms. The van der Waals surface area contributed by atoms with Crippen molar-refractivity contribution in [1.82, 2.24) is 15.0 Å². The van der Waals surface area contributed by atoms with Crippen LogP contribution >= 0.6 is 0 Å². The zero-order valence-electron chi connectivity index (χ0n) is 25.5. The molecule has 2 atom stereocenters. The maximum atomic E-state index is 6.25. The van der Waals surface area contributed by atoms with Gasteiger partial charge in [-0.3, -0.25) is 0 Å². The van der Waals surface area contributed by atoms with E-state index in [1.54, 1.807) is 0 Å². The number of hydrogen-bond acceptors (Lipinski definition) is 4. The van der Waals surface area contributed by atoms with Crippen LogP contribution in [0.3, 0.4) is 0 Å². The normalized spacial score (nSPS) is 15.9. The first-order chi connectivity index (χ1) is 23.3. The summed E-state index contributed by atoms with van der Waals surface area (Å²) in [6.45, 7) is 0. The molecule has 9 rings (SSSR count). The van der Waals surface area contributed by atoms with Gasteiger partial charge in [-0.15, -0.1) is 0 Å². The maximum absolute atomic E-state index is 6.25. The van der Waals surface area contributed by atoms with Gasteiger partial charge in [-0.1, -0.05) is 127 Å². The molecule has 0 saturated carbocycles. The summed E-state index contributed by atoms with van der Waals surface area (Å²) in [5.41, 5.74) is 11.5. The van der Waals surface area contributed by atoms with Crippen molar-refractivity contribution >= 4 is 12.2 Å². The number of rotatable bonds is 5. The summed E-state index contributed by atoms with van der Waals surface area (Å²) in [4.78, 5) is 15.3. The van der Waals surface area contributed by atoms with Crippen LogP contribution < -0.4 is 0 Å². The Balaban J connectivity index is 1.13. The molecule has 2 aromatic heterocycles. The quantitative estimate of drug-likeness (QED) is 0.196. The number of hydrogen-bond donors (Lipinski definition) is 0. The Labute approximate surface area is 273 Å². The molecule has 0 aliphatic heterocycles. The van der Waals surface area contributed by atoms with Crippen molar-refractivity contribution in [3.8, 4) is 56.5 Å². The molecule has 5 aromatic carbocycles. The molecule has 0 fully saturated rings. The summed E-state index contributed by atoms with van der Waals surface area (Å²) in [7, 11) is 0. The van der Waals surface area contributed by atoms with E-state index in [1.165, 1.54) is 11.1 Å². The second kappa shape index (κ2) is 11.3. The highest BCUT2D eigenvalue weighted by Crippen LogP contribution is 2.45. The first-order valence-electron chi connectivity index (χ1n) is 15.9. The first-order valence-corrected chi connectivity index (χ1v) is 15.9. The van der Waals surface area contributed by atoms with E-state index in [2.05, 4.69) is 109 Å². The van der Waals surface area contributed by atoms with Crippen molar-refractivity contribution in [1.29, 1.82) is 0 Å². The van der Waals surface area contributed by atoms with Crippen LogP contribution in [0.4, 0.5) is 0 Å². The van der Waals surface area contributed by atoms with Crippen LogP contribution in [0, 0.1) is 5.92 Å². The van der Waals surface area contributed by atoms with Gasteiger partial charge in [0.25, 0.3) is 0 Å². The molecular formula is C43H29N3O. The van der Waals surface area contributed by atoms with Crippen LogP contribution in [0.2, 0.25) is 0 Å². The molecule has 2 aliphatic rings. The van der Waals surface area contributed by atoms with Gasteiger partial charge in [0.1, 0.15) is 0 Å². The molecule has 0 saturated heterocycles. The molecule has 0 amide bonds. The lowest BCUT2D eigenvalue weighted by atomic mass is 9.74. The minimum Gasteiger partial charge on any atom is -0.436 e. The van der Waals surface area contributed by atoms with Gasteiger partial charge in [0.05, 0.1) is 17.1 Å². The first kappa shape index (κ1) is 27.2. The van der Waals surface area contributed by atoms with Gasteiger partial charge < -0.3 is 4.42 Å².